The van der Waals surface area contributed by atoms with Crippen LogP contribution in [0.2, 0.25) is 0 Å². The quantitative estimate of drug-likeness (QED) is 0.307. The van der Waals surface area contributed by atoms with Gasteiger partial charge in [0.15, 0.2) is 0 Å². The van der Waals surface area contributed by atoms with Crippen LogP contribution in [0.3, 0.4) is 0 Å². The number of aromatic nitrogens is 3. The molecule has 1 fully saturated rings. The van der Waals surface area contributed by atoms with E-state index in [1.165, 1.54) is 22.4 Å². The van der Waals surface area contributed by atoms with Gasteiger partial charge in [0.05, 0.1) is 6.20 Å². The van der Waals surface area contributed by atoms with Crippen molar-refractivity contribution in [2.75, 3.05) is 6.54 Å². The second kappa shape index (κ2) is 10.5. The first-order chi connectivity index (χ1) is 17.9. The van der Waals surface area contributed by atoms with Crippen molar-refractivity contribution < 1.29 is 22.7 Å². The number of ether oxygens (including phenoxy) is 1. The van der Waals surface area contributed by atoms with E-state index in [0.29, 0.717) is 12.2 Å². The topological polar surface area (TPSA) is 60.2 Å². The largest absolute Gasteiger partial charge is 0.573 e. The summed E-state index contributed by atoms with van der Waals surface area (Å²) in [6, 6.07) is 23.2. The molecule has 2 heterocycles. The molecule has 9 heteroatoms. The van der Waals surface area contributed by atoms with Gasteiger partial charge >= 0.3 is 12.4 Å². The molecule has 0 N–H and O–H groups in total. The number of hydrogen-bond donors (Lipinski definition) is 0. The summed E-state index contributed by atoms with van der Waals surface area (Å²) >= 11 is 0. The van der Waals surface area contributed by atoms with Crippen LogP contribution in [-0.2, 0) is 6.42 Å². The second-order valence-corrected chi connectivity index (χ2v) is 9.01. The molecule has 1 unspecified atom stereocenters. The summed E-state index contributed by atoms with van der Waals surface area (Å²) in [5.41, 5.74) is 4.11. The average molecular weight is 507 g/mol. The number of carbonyl (C=O) groups excluding carboxylic acids is 1. The van der Waals surface area contributed by atoms with E-state index in [1.807, 2.05) is 47.4 Å². The van der Waals surface area contributed by atoms with Crippen molar-refractivity contribution in [3.05, 3.63) is 90.6 Å². The molecule has 3 aromatic carbocycles. The molecule has 0 saturated carbocycles. The number of piperidine rings is 1. The molecule has 1 atom stereocenters. The van der Waals surface area contributed by atoms with Crippen LogP contribution in [0.1, 0.15) is 24.8 Å². The molecule has 1 aliphatic rings. The Kier molecular flexibility index (Phi) is 6.94. The van der Waals surface area contributed by atoms with Crippen LogP contribution in [0.5, 0.6) is 5.75 Å². The Labute approximate surface area is 212 Å². The normalized spacial score (nSPS) is 16.0. The lowest BCUT2D eigenvalue weighted by atomic mass is 9.96. The van der Waals surface area contributed by atoms with E-state index in [1.54, 1.807) is 18.3 Å². The first-order valence-electron chi connectivity index (χ1n) is 12.1. The summed E-state index contributed by atoms with van der Waals surface area (Å²) in [5, 5.41) is 8.30. The Morgan fingerprint density at radius 1 is 0.892 bits per heavy atom. The van der Waals surface area contributed by atoms with Gasteiger partial charge in [0.1, 0.15) is 11.4 Å². The zero-order valence-corrected chi connectivity index (χ0v) is 19.9. The lowest BCUT2D eigenvalue weighted by Crippen LogP contribution is -2.46. The van der Waals surface area contributed by atoms with Crippen LogP contribution < -0.4 is 4.74 Å². The zero-order chi connectivity index (χ0) is 25.8. The summed E-state index contributed by atoms with van der Waals surface area (Å²) in [4.78, 5) is 15.2. The van der Waals surface area contributed by atoms with E-state index in [9.17, 15) is 18.0 Å². The van der Waals surface area contributed by atoms with Crippen molar-refractivity contribution in [1.82, 2.24) is 19.9 Å². The van der Waals surface area contributed by atoms with Crippen molar-refractivity contribution in [2.45, 2.75) is 38.1 Å². The van der Waals surface area contributed by atoms with Crippen LogP contribution in [0.25, 0.3) is 22.4 Å². The van der Waals surface area contributed by atoms with E-state index in [0.717, 1.165) is 42.4 Å². The van der Waals surface area contributed by atoms with Crippen LogP contribution in [-0.4, -0.2) is 44.9 Å². The Morgan fingerprint density at radius 3 is 2.22 bits per heavy atom. The van der Waals surface area contributed by atoms with Gasteiger partial charge in [-0.2, -0.15) is 4.68 Å². The third-order valence-electron chi connectivity index (χ3n) is 6.48. The molecule has 37 heavy (non-hydrogen) atoms. The molecule has 4 aromatic rings. The fraction of sp³-hybridized carbons (Fsp3) is 0.250. The third kappa shape index (κ3) is 5.99. The fourth-order valence-electron chi connectivity index (χ4n) is 4.65. The van der Waals surface area contributed by atoms with Crippen LogP contribution in [0.4, 0.5) is 18.0 Å². The summed E-state index contributed by atoms with van der Waals surface area (Å²) in [6.07, 6.45) is 0.719. The predicted octanol–water partition coefficient (Wildman–Crippen LogP) is 6.58. The molecule has 1 amide bonds. The highest BCUT2D eigenvalue weighted by atomic mass is 19.4. The summed E-state index contributed by atoms with van der Waals surface area (Å²) in [7, 11) is 0. The molecule has 0 radical (unpaired) electrons. The summed E-state index contributed by atoms with van der Waals surface area (Å²) < 4.78 is 42.4. The number of halogens is 3. The number of nitrogens with zero attached hydrogens (tertiary/aromatic N) is 4. The van der Waals surface area contributed by atoms with Gasteiger partial charge in [-0.3, -0.25) is 0 Å². The minimum Gasteiger partial charge on any atom is -0.406 e. The van der Waals surface area contributed by atoms with Gasteiger partial charge in [-0.25, -0.2) is 4.79 Å². The van der Waals surface area contributed by atoms with Gasteiger partial charge < -0.3 is 9.64 Å². The van der Waals surface area contributed by atoms with Crippen molar-refractivity contribution in [3.63, 3.8) is 0 Å². The Morgan fingerprint density at radius 2 is 1.54 bits per heavy atom. The minimum atomic E-state index is -4.72. The second-order valence-electron chi connectivity index (χ2n) is 9.01. The van der Waals surface area contributed by atoms with Gasteiger partial charge in [-0.15, -0.1) is 18.3 Å². The van der Waals surface area contributed by atoms with Gasteiger partial charge in [0.25, 0.3) is 0 Å². The van der Waals surface area contributed by atoms with E-state index in [-0.39, 0.29) is 17.8 Å². The summed E-state index contributed by atoms with van der Waals surface area (Å²) in [5.74, 6) is -0.270. The molecule has 1 aromatic heterocycles. The van der Waals surface area contributed by atoms with E-state index in [4.69, 9.17) is 0 Å². The molecule has 0 aliphatic carbocycles. The number of amides is 1. The molecule has 5 rings (SSSR count). The molecule has 6 nitrogen and oxygen atoms in total. The maximum Gasteiger partial charge on any atom is 0.573 e. The van der Waals surface area contributed by atoms with Crippen molar-refractivity contribution in [3.8, 4) is 28.1 Å². The standard InChI is InChI=1S/C28H25F3N4O2/c29-28(30,31)37-25-15-13-22(14-16-25)21-9-11-23(12-10-21)26-19-35(33-32-26)27(36)34-17-5-4-8-24(34)18-20-6-2-1-3-7-20/h1-3,6-7,9-16,19,24H,4-5,8,17-18H2. The smallest absolute Gasteiger partial charge is 0.406 e. The fourth-order valence-corrected chi connectivity index (χ4v) is 4.65. The molecule has 1 saturated heterocycles. The lowest BCUT2D eigenvalue weighted by Gasteiger charge is -2.35. The first kappa shape index (κ1) is 24.5. The van der Waals surface area contributed by atoms with Crippen LogP contribution >= 0.6 is 0 Å². The highest BCUT2D eigenvalue weighted by Crippen LogP contribution is 2.28. The average Bonchev–Trinajstić information content (AvgIpc) is 3.39. The van der Waals surface area contributed by atoms with E-state index in [2.05, 4.69) is 27.2 Å². The Hall–Kier alpha value is -4.14. The number of likely N-dealkylation sites (tertiary alicyclic amines) is 1. The monoisotopic (exact) mass is 506 g/mol. The Bertz CT molecular complexity index is 1340. The van der Waals surface area contributed by atoms with Gasteiger partial charge in [0.2, 0.25) is 0 Å². The number of rotatable bonds is 5. The SMILES string of the molecule is O=C(N1CCCCC1Cc1ccccc1)n1cc(-c2ccc(-c3ccc(OC(F)(F)F)cc3)cc2)nn1. The number of benzene rings is 3. The van der Waals surface area contributed by atoms with Gasteiger partial charge in [-0.05, 0) is 54.5 Å². The van der Waals surface area contributed by atoms with Gasteiger partial charge in [-0.1, -0.05) is 71.9 Å². The highest BCUT2D eigenvalue weighted by molar-refractivity contribution is 5.78. The number of alkyl halides is 3. The Balaban J connectivity index is 1.28. The van der Waals surface area contributed by atoms with Crippen molar-refractivity contribution in [2.24, 2.45) is 0 Å². The maximum absolute atomic E-state index is 13.3. The predicted molar refractivity (Wildman–Crippen MR) is 133 cm³/mol. The first-order valence-corrected chi connectivity index (χ1v) is 12.1. The van der Waals surface area contributed by atoms with E-state index >= 15 is 0 Å². The van der Waals surface area contributed by atoms with Gasteiger partial charge in [0, 0.05) is 18.2 Å². The third-order valence-corrected chi connectivity index (χ3v) is 6.48. The van der Waals surface area contributed by atoms with Crippen molar-refractivity contribution in [1.29, 1.82) is 0 Å². The number of carbonyl (C=O) groups is 1. The van der Waals surface area contributed by atoms with Crippen molar-refractivity contribution >= 4 is 6.03 Å². The van der Waals surface area contributed by atoms with Crippen LogP contribution in [0, 0.1) is 0 Å². The number of hydrogen-bond acceptors (Lipinski definition) is 4. The maximum atomic E-state index is 13.3. The molecule has 1 aliphatic heterocycles. The summed E-state index contributed by atoms with van der Waals surface area (Å²) in [6.45, 7) is 0.688. The van der Waals surface area contributed by atoms with E-state index < -0.39 is 6.36 Å². The molecule has 0 spiro atoms. The molecular weight excluding hydrogens is 481 g/mol. The minimum absolute atomic E-state index is 0.114. The van der Waals surface area contributed by atoms with Crippen LogP contribution in [0.15, 0.2) is 85.1 Å². The zero-order valence-electron chi connectivity index (χ0n) is 19.9. The molecular formula is C28H25F3N4O2. The lowest BCUT2D eigenvalue weighted by molar-refractivity contribution is -0.274. The highest BCUT2D eigenvalue weighted by Gasteiger charge is 2.31. The molecule has 190 valence electrons. The molecule has 0 bridgehead atoms.